The van der Waals surface area contributed by atoms with Crippen molar-refractivity contribution in [3.63, 3.8) is 0 Å². The van der Waals surface area contributed by atoms with Crippen LogP contribution in [-0.2, 0) is 41.5 Å². The van der Waals surface area contributed by atoms with Crippen LogP contribution in [0.25, 0.3) is 21.9 Å². The van der Waals surface area contributed by atoms with E-state index in [9.17, 15) is 29.1 Å². The van der Waals surface area contributed by atoms with Crippen molar-refractivity contribution < 1.29 is 52.4 Å². The molecule has 0 fully saturated rings. The highest BCUT2D eigenvalue weighted by Gasteiger charge is 2.27. The largest absolute Gasteiger partial charge is 0.507 e. The van der Waals surface area contributed by atoms with E-state index in [1.54, 1.807) is 0 Å². The number of ether oxygens (including phenoxy) is 5. The minimum atomic E-state index is -0.996. The molecule has 0 bridgehead atoms. The number of nitrogens with one attached hydrogen (secondary N) is 4. The zero-order valence-corrected chi connectivity index (χ0v) is 36.4. The topological polar surface area (TPSA) is 317 Å². The highest BCUT2D eigenvalue weighted by Crippen LogP contribution is 2.41. The molecule has 0 radical (unpaired) electrons. The summed E-state index contributed by atoms with van der Waals surface area (Å²) in [4.78, 5) is 65.8. The molecule has 342 valence electrons. The lowest BCUT2D eigenvalue weighted by Crippen LogP contribution is -2.47. The fraction of sp³-hybridized carbons (Fsp3) is 0.500. The van der Waals surface area contributed by atoms with Gasteiger partial charge in [0.1, 0.15) is 52.7 Å². The Kier molecular flexibility index (Phi) is 20.1. The minimum Gasteiger partial charge on any atom is -0.507 e. The van der Waals surface area contributed by atoms with Gasteiger partial charge in [0.05, 0.1) is 26.7 Å². The third kappa shape index (κ3) is 14.7. The second kappa shape index (κ2) is 24.6. The van der Waals surface area contributed by atoms with Gasteiger partial charge in [-0.3, -0.25) is 25.0 Å². The third-order valence-electron chi connectivity index (χ3n) is 9.40. The summed E-state index contributed by atoms with van der Waals surface area (Å²) in [7, 11) is 3.79. The first-order valence-corrected chi connectivity index (χ1v) is 20.0. The first-order valence-electron chi connectivity index (χ1n) is 20.0. The molecule has 0 saturated heterocycles. The smallest absolute Gasteiger partial charge is 0.328 e. The lowest BCUT2D eigenvalue weighted by molar-refractivity contribution is -0.145. The number of hydrogen-bond donors (Lipinski definition) is 9. The zero-order chi connectivity index (χ0) is 46.1. The number of nitrogens with two attached hydrogens (primary N) is 4. The van der Waals surface area contributed by atoms with Gasteiger partial charge in [-0.1, -0.05) is 23.3 Å². The van der Waals surface area contributed by atoms with E-state index in [0.29, 0.717) is 31.5 Å². The van der Waals surface area contributed by atoms with Crippen LogP contribution in [0.4, 0.5) is 0 Å². The second-order valence-electron chi connectivity index (χ2n) is 14.8. The predicted octanol–water partition coefficient (Wildman–Crippen LogP) is 0.893. The number of aromatic hydroxyl groups is 1. The van der Waals surface area contributed by atoms with Crippen molar-refractivity contribution >= 4 is 45.7 Å². The number of esters is 2. The summed E-state index contributed by atoms with van der Waals surface area (Å²) in [6.07, 6.45) is 3.81. The van der Waals surface area contributed by atoms with Gasteiger partial charge in [-0.25, -0.2) is 9.59 Å². The van der Waals surface area contributed by atoms with Gasteiger partial charge in [0, 0.05) is 23.3 Å². The number of allylic oxidation sites excluding steroid dienone is 4. The Hall–Kier alpha value is -5.77. The molecule has 2 atom stereocenters. The molecular weight excluding hydrogens is 809 g/mol. The molecule has 3 aromatic rings. The maximum absolute atomic E-state index is 14.6. The standard InChI is InChI=1S/C42H62N8O12/c1-22(2)12-14-24-28(60-20-32(51)49-26(39(55)58-6)10-8-16-47-41(43)44)18-30-35(36(24)53)37(54)34-25(15-13-23(3)4)38(57-5)31(19-29(34)62-30)61-21-33(52)50-27(40(56)59-7)11-9-17-48-42(45)46/h12-13,18-19,26-27,41-42,47-48,53H,8-11,14-17,20-21,43-46H2,1-7H3,(H,49,51)(H,50,52)/t26-,27-/m0/s1. The molecule has 20 heteroatoms. The molecule has 1 aromatic heterocycles. The molecule has 3 rings (SSSR count). The summed E-state index contributed by atoms with van der Waals surface area (Å²) in [6.45, 7) is 7.11. The van der Waals surface area contributed by atoms with Crippen molar-refractivity contribution in [1.29, 1.82) is 0 Å². The Morgan fingerprint density at radius 3 is 1.61 bits per heavy atom. The van der Waals surface area contributed by atoms with Gasteiger partial charge >= 0.3 is 11.9 Å². The van der Waals surface area contributed by atoms with Gasteiger partial charge < -0.3 is 66.8 Å². The number of methoxy groups -OCH3 is 3. The molecule has 2 aromatic carbocycles. The molecule has 0 aliphatic carbocycles. The zero-order valence-electron chi connectivity index (χ0n) is 36.4. The van der Waals surface area contributed by atoms with Gasteiger partial charge in [0.15, 0.2) is 24.7 Å². The van der Waals surface area contributed by atoms with Crippen LogP contribution in [0.5, 0.6) is 23.0 Å². The molecule has 0 aliphatic rings. The number of phenols is 1. The number of carbonyl (C=O) groups excluding carboxylic acids is 4. The first-order chi connectivity index (χ1) is 29.4. The van der Waals surface area contributed by atoms with E-state index < -0.39 is 72.8 Å². The Morgan fingerprint density at radius 1 is 0.710 bits per heavy atom. The van der Waals surface area contributed by atoms with Crippen molar-refractivity contribution in [3.8, 4) is 23.0 Å². The highest BCUT2D eigenvalue weighted by atomic mass is 16.5. The maximum Gasteiger partial charge on any atom is 0.328 e. The van der Waals surface area contributed by atoms with E-state index in [0.717, 1.165) is 11.1 Å². The van der Waals surface area contributed by atoms with Crippen LogP contribution >= 0.6 is 0 Å². The Labute approximate surface area is 360 Å². The van der Waals surface area contributed by atoms with Crippen LogP contribution < -0.4 is 63.8 Å². The average molecular weight is 871 g/mol. The van der Waals surface area contributed by atoms with Crippen LogP contribution in [0.3, 0.4) is 0 Å². The molecule has 0 aliphatic heterocycles. The van der Waals surface area contributed by atoms with E-state index in [2.05, 4.69) is 21.3 Å². The summed E-state index contributed by atoms with van der Waals surface area (Å²) < 4.78 is 33.7. The van der Waals surface area contributed by atoms with Crippen LogP contribution in [-0.4, -0.2) is 101 Å². The van der Waals surface area contributed by atoms with Gasteiger partial charge in [0.2, 0.25) is 5.43 Å². The average Bonchev–Trinajstić information content (AvgIpc) is 3.21. The normalized spacial score (nSPS) is 12.1. The monoisotopic (exact) mass is 870 g/mol. The van der Waals surface area contributed by atoms with Crippen molar-refractivity contribution in [3.05, 3.63) is 56.8 Å². The first kappa shape index (κ1) is 50.6. The number of fused-ring (bicyclic) bond motifs is 2. The van der Waals surface area contributed by atoms with Gasteiger partial charge in [-0.15, -0.1) is 0 Å². The van der Waals surface area contributed by atoms with Gasteiger partial charge in [-0.05, 0) is 79.3 Å². The summed E-state index contributed by atoms with van der Waals surface area (Å²) in [5, 5.41) is 22.6. The summed E-state index contributed by atoms with van der Waals surface area (Å²) in [5.41, 5.74) is 23.8. The lowest BCUT2D eigenvalue weighted by Gasteiger charge is -2.19. The van der Waals surface area contributed by atoms with Gasteiger partial charge in [0.25, 0.3) is 11.8 Å². The lowest BCUT2D eigenvalue weighted by atomic mass is 9.98. The van der Waals surface area contributed by atoms with Crippen LogP contribution in [0.2, 0.25) is 0 Å². The summed E-state index contributed by atoms with van der Waals surface area (Å²) >= 11 is 0. The molecule has 0 spiro atoms. The quantitative estimate of drug-likeness (QED) is 0.0188. The fourth-order valence-corrected chi connectivity index (χ4v) is 6.36. The number of carbonyl (C=O) groups is 4. The van der Waals surface area contributed by atoms with E-state index in [4.69, 9.17) is 51.0 Å². The van der Waals surface area contributed by atoms with E-state index in [1.165, 1.54) is 33.5 Å². The minimum absolute atomic E-state index is 0.0278. The van der Waals surface area contributed by atoms with Crippen molar-refractivity contribution in [2.75, 3.05) is 47.6 Å². The van der Waals surface area contributed by atoms with Crippen LogP contribution in [0, 0.1) is 0 Å². The third-order valence-corrected chi connectivity index (χ3v) is 9.40. The highest BCUT2D eigenvalue weighted by molar-refractivity contribution is 5.98. The SMILES string of the molecule is COC(=O)[C@H](CCCNC(N)N)NC(=O)COc1cc2oc3cc(OCC(=O)N[C@@H](CCCNC(N)N)C(=O)OC)c(OC)c(CC=C(C)C)c3c(=O)c2c(O)c1CC=C(C)C. The number of amides is 2. The van der Waals surface area contributed by atoms with Crippen LogP contribution in [0.1, 0.15) is 64.5 Å². The molecule has 0 saturated carbocycles. The summed E-state index contributed by atoms with van der Waals surface area (Å²) in [5.74, 6) is -2.83. The maximum atomic E-state index is 14.6. The summed E-state index contributed by atoms with van der Waals surface area (Å²) in [6, 6.07) is 0.802. The molecule has 13 N–H and O–H groups in total. The fourth-order valence-electron chi connectivity index (χ4n) is 6.36. The predicted molar refractivity (Wildman–Crippen MR) is 232 cm³/mol. The molecule has 1 heterocycles. The molecule has 0 unspecified atom stereocenters. The second-order valence-corrected chi connectivity index (χ2v) is 14.8. The number of hydrogen-bond acceptors (Lipinski definition) is 18. The van der Waals surface area contributed by atoms with E-state index in [-0.39, 0.29) is 70.4 Å². The molecular formula is C42H62N8O12. The van der Waals surface area contributed by atoms with E-state index >= 15 is 0 Å². The van der Waals surface area contributed by atoms with Crippen LogP contribution in [0.15, 0.2) is 44.6 Å². The van der Waals surface area contributed by atoms with Gasteiger partial charge in [-0.2, -0.15) is 0 Å². The molecule has 2 amide bonds. The Morgan fingerprint density at radius 2 is 1.16 bits per heavy atom. The van der Waals surface area contributed by atoms with E-state index in [1.807, 2.05) is 39.8 Å². The van der Waals surface area contributed by atoms with Crippen molar-refractivity contribution in [2.24, 2.45) is 22.9 Å². The van der Waals surface area contributed by atoms with Crippen molar-refractivity contribution in [2.45, 2.75) is 90.9 Å². The Balaban J connectivity index is 2.09. The number of rotatable bonds is 25. The van der Waals surface area contributed by atoms with Crippen molar-refractivity contribution in [1.82, 2.24) is 21.3 Å². The molecule has 62 heavy (non-hydrogen) atoms. The number of benzene rings is 2. The molecule has 20 nitrogen and oxygen atoms in total. The Bertz CT molecular complexity index is 2160. The number of phenolic OH excluding ortho intramolecular Hbond substituents is 1.